The molecular formula is C11H9IN4O. The first-order valence-electron chi connectivity index (χ1n) is 4.79. The van der Waals surface area contributed by atoms with Gasteiger partial charge in [-0.05, 0) is 40.8 Å². The van der Waals surface area contributed by atoms with Crippen LogP contribution in [0.5, 0.6) is 0 Å². The third kappa shape index (κ3) is 2.90. The lowest BCUT2D eigenvalue weighted by atomic mass is 10.2. The molecule has 5 nitrogen and oxygen atoms in total. The van der Waals surface area contributed by atoms with E-state index in [1.807, 2.05) is 6.07 Å². The minimum Gasteiger partial charge on any atom is -0.366 e. The summed E-state index contributed by atoms with van der Waals surface area (Å²) in [6.07, 6.45) is 3.16. The van der Waals surface area contributed by atoms with Gasteiger partial charge in [-0.1, -0.05) is 6.07 Å². The van der Waals surface area contributed by atoms with Crippen molar-refractivity contribution in [3.63, 3.8) is 0 Å². The standard InChI is InChI=1S/C11H9IN4O/c12-9-5-14-6-15-11(9)16-8-3-1-2-7(4-8)10(13)17/h1-6H,(H2,13,17)(H,14,15,16). The number of nitrogens with one attached hydrogen (secondary N) is 1. The lowest BCUT2D eigenvalue weighted by Crippen LogP contribution is -2.11. The normalized spacial score (nSPS) is 9.94. The van der Waals surface area contributed by atoms with Crippen molar-refractivity contribution in [2.75, 3.05) is 5.32 Å². The number of aromatic nitrogens is 2. The number of hydrogen-bond acceptors (Lipinski definition) is 4. The Hall–Kier alpha value is -1.70. The maximum absolute atomic E-state index is 11.0. The topological polar surface area (TPSA) is 80.9 Å². The van der Waals surface area contributed by atoms with Gasteiger partial charge in [-0.3, -0.25) is 4.79 Å². The predicted molar refractivity (Wildman–Crippen MR) is 73.0 cm³/mol. The van der Waals surface area contributed by atoms with E-state index in [1.54, 1.807) is 24.4 Å². The average Bonchev–Trinajstić information content (AvgIpc) is 2.32. The summed E-state index contributed by atoms with van der Waals surface area (Å²) in [6, 6.07) is 6.94. The number of carbonyl (C=O) groups excluding carboxylic acids is 1. The molecule has 1 aromatic carbocycles. The number of halogens is 1. The quantitative estimate of drug-likeness (QED) is 0.837. The predicted octanol–water partition coefficient (Wildman–Crippen LogP) is 1.92. The first kappa shape index (κ1) is 11.8. The summed E-state index contributed by atoms with van der Waals surface area (Å²) in [6.45, 7) is 0. The number of hydrogen-bond donors (Lipinski definition) is 2. The molecule has 1 amide bonds. The van der Waals surface area contributed by atoms with Crippen LogP contribution in [0.4, 0.5) is 11.5 Å². The van der Waals surface area contributed by atoms with Crippen molar-refractivity contribution >= 4 is 40.0 Å². The Bertz CT molecular complexity index is 559. The number of benzene rings is 1. The first-order chi connectivity index (χ1) is 8.16. The molecule has 0 saturated heterocycles. The van der Waals surface area contributed by atoms with Crippen molar-refractivity contribution in [3.8, 4) is 0 Å². The molecule has 1 heterocycles. The summed E-state index contributed by atoms with van der Waals surface area (Å²) >= 11 is 2.13. The van der Waals surface area contributed by atoms with Gasteiger partial charge in [0.25, 0.3) is 0 Å². The molecule has 0 spiro atoms. The minimum atomic E-state index is -0.453. The molecule has 1 aromatic heterocycles. The molecule has 2 rings (SSSR count). The van der Waals surface area contributed by atoms with Gasteiger partial charge in [-0.2, -0.15) is 0 Å². The molecule has 6 heteroatoms. The van der Waals surface area contributed by atoms with E-state index in [1.165, 1.54) is 6.33 Å². The third-order valence-corrected chi connectivity index (χ3v) is 2.87. The third-order valence-electron chi connectivity index (χ3n) is 2.08. The van der Waals surface area contributed by atoms with Crippen LogP contribution in [0, 0.1) is 3.57 Å². The number of nitrogens with zero attached hydrogens (tertiary/aromatic N) is 2. The van der Waals surface area contributed by atoms with E-state index in [-0.39, 0.29) is 0 Å². The van der Waals surface area contributed by atoms with Crippen LogP contribution in [0.1, 0.15) is 10.4 Å². The zero-order valence-corrected chi connectivity index (χ0v) is 10.9. The van der Waals surface area contributed by atoms with Crippen molar-refractivity contribution in [1.82, 2.24) is 9.97 Å². The number of rotatable bonds is 3. The summed E-state index contributed by atoms with van der Waals surface area (Å²) in [4.78, 5) is 19.0. The van der Waals surface area contributed by atoms with Crippen LogP contribution < -0.4 is 11.1 Å². The van der Waals surface area contributed by atoms with Crippen molar-refractivity contribution in [1.29, 1.82) is 0 Å². The molecule has 0 aliphatic carbocycles. The van der Waals surface area contributed by atoms with Crippen LogP contribution in [0.25, 0.3) is 0 Å². The molecule has 17 heavy (non-hydrogen) atoms. The van der Waals surface area contributed by atoms with Gasteiger partial charge < -0.3 is 11.1 Å². The summed E-state index contributed by atoms with van der Waals surface area (Å²) < 4.78 is 0.898. The second-order valence-corrected chi connectivity index (χ2v) is 4.45. The van der Waals surface area contributed by atoms with E-state index < -0.39 is 5.91 Å². The van der Waals surface area contributed by atoms with Gasteiger partial charge in [0.2, 0.25) is 5.91 Å². The van der Waals surface area contributed by atoms with Crippen molar-refractivity contribution in [2.24, 2.45) is 5.73 Å². The summed E-state index contributed by atoms with van der Waals surface area (Å²) in [5, 5.41) is 3.10. The monoisotopic (exact) mass is 340 g/mol. The van der Waals surface area contributed by atoms with Crippen molar-refractivity contribution in [3.05, 3.63) is 45.9 Å². The highest BCUT2D eigenvalue weighted by Crippen LogP contribution is 2.19. The van der Waals surface area contributed by atoms with E-state index in [0.717, 1.165) is 9.26 Å². The summed E-state index contributed by atoms with van der Waals surface area (Å²) in [5.41, 5.74) is 6.43. The van der Waals surface area contributed by atoms with Crippen LogP contribution in [0.15, 0.2) is 36.8 Å². The SMILES string of the molecule is NC(=O)c1cccc(Nc2ncncc2I)c1. The van der Waals surface area contributed by atoms with Crippen LogP contribution in [0.2, 0.25) is 0 Å². The molecule has 0 fully saturated rings. The van der Waals surface area contributed by atoms with Crippen LogP contribution in [-0.2, 0) is 0 Å². The molecule has 0 aliphatic heterocycles. The zero-order valence-electron chi connectivity index (χ0n) is 8.72. The molecule has 0 aliphatic rings. The summed E-state index contributed by atoms with van der Waals surface area (Å²) in [7, 11) is 0. The molecule has 3 N–H and O–H groups in total. The molecule has 0 saturated carbocycles. The number of primary amides is 1. The van der Waals surface area contributed by atoms with E-state index in [2.05, 4.69) is 37.9 Å². The lowest BCUT2D eigenvalue weighted by Gasteiger charge is -2.07. The Morgan fingerprint density at radius 1 is 1.41 bits per heavy atom. The lowest BCUT2D eigenvalue weighted by molar-refractivity contribution is 0.100. The molecular weight excluding hydrogens is 331 g/mol. The van der Waals surface area contributed by atoms with E-state index in [9.17, 15) is 4.79 Å². The Balaban J connectivity index is 2.28. The number of amides is 1. The highest BCUT2D eigenvalue weighted by atomic mass is 127. The molecule has 0 bridgehead atoms. The first-order valence-corrected chi connectivity index (χ1v) is 5.87. The maximum Gasteiger partial charge on any atom is 0.248 e. The van der Waals surface area contributed by atoms with Crippen LogP contribution >= 0.6 is 22.6 Å². The van der Waals surface area contributed by atoms with Crippen LogP contribution in [-0.4, -0.2) is 15.9 Å². The Morgan fingerprint density at radius 2 is 2.24 bits per heavy atom. The van der Waals surface area contributed by atoms with Gasteiger partial charge in [0.05, 0.1) is 3.57 Å². The number of anilines is 2. The van der Waals surface area contributed by atoms with Gasteiger partial charge in [0.15, 0.2) is 0 Å². The number of nitrogens with two attached hydrogens (primary N) is 1. The van der Waals surface area contributed by atoms with Crippen LogP contribution in [0.3, 0.4) is 0 Å². The second kappa shape index (κ2) is 5.09. The highest BCUT2D eigenvalue weighted by Gasteiger charge is 2.04. The van der Waals surface area contributed by atoms with Gasteiger partial charge in [0.1, 0.15) is 12.1 Å². The van der Waals surface area contributed by atoms with Gasteiger partial charge in [0, 0.05) is 17.4 Å². The fraction of sp³-hybridized carbons (Fsp3) is 0. The highest BCUT2D eigenvalue weighted by molar-refractivity contribution is 14.1. The molecule has 0 radical (unpaired) electrons. The van der Waals surface area contributed by atoms with Crippen molar-refractivity contribution in [2.45, 2.75) is 0 Å². The zero-order chi connectivity index (χ0) is 12.3. The van der Waals surface area contributed by atoms with Gasteiger partial charge in [-0.25, -0.2) is 9.97 Å². The molecule has 0 unspecified atom stereocenters. The molecule has 86 valence electrons. The van der Waals surface area contributed by atoms with E-state index >= 15 is 0 Å². The Kier molecular flexibility index (Phi) is 3.52. The number of carbonyl (C=O) groups is 1. The largest absolute Gasteiger partial charge is 0.366 e. The molecule has 0 atom stereocenters. The minimum absolute atomic E-state index is 0.453. The smallest absolute Gasteiger partial charge is 0.248 e. The second-order valence-electron chi connectivity index (χ2n) is 3.29. The summed E-state index contributed by atoms with van der Waals surface area (Å²) in [5.74, 6) is 0.244. The molecule has 2 aromatic rings. The van der Waals surface area contributed by atoms with Gasteiger partial charge >= 0.3 is 0 Å². The maximum atomic E-state index is 11.0. The van der Waals surface area contributed by atoms with E-state index in [0.29, 0.717) is 11.4 Å². The average molecular weight is 340 g/mol. The Labute approximate surface area is 112 Å². The fourth-order valence-electron chi connectivity index (χ4n) is 1.29. The van der Waals surface area contributed by atoms with E-state index in [4.69, 9.17) is 5.73 Å². The Morgan fingerprint density at radius 3 is 2.94 bits per heavy atom. The van der Waals surface area contributed by atoms with Gasteiger partial charge in [-0.15, -0.1) is 0 Å². The van der Waals surface area contributed by atoms with Crippen molar-refractivity contribution < 1.29 is 4.79 Å². The fourth-order valence-corrected chi connectivity index (χ4v) is 1.73.